The van der Waals surface area contributed by atoms with Crippen LogP contribution >= 0.6 is 11.8 Å². The number of aliphatic hydroxyl groups is 1. The van der Waals surface area contributed by atoms with E-state index in [1.54, 1.807) is 11.8 Å². The van der Waals surface area contributed by atoms with E-state index in [9.17, 15) is 9.90 Å². The van der Waals surface area contributed by atoms with Crippen LogP contribution in [0.2, 0.25) is 0 Å². The lowest BCUT2D eigenvalue weighted by Gasteiger charge is -2.32. The molecule has 1 aliphatic carbocycles. The van der Waals surface area contributed by atoms with Crippen LogP contribution in [-0.4, -0.2) is 28.4 Å². The van der Waals surface area contributed by atoms with Gasteiger partial charge in [-0.25, -0.2) is 0 Å². The van der Waals surface area contributed by atoms with Crippen LogP contribution < -0.4 is 5.32 Å². The molecule has 0 saturated heterocycles. The smallest absolute Gasteiger partial charge is 0.233 e. The summed E-state index contributed by atoms with van der Waals surface area (Å²) in [5.41, 5.74) is 0.526. The highest BCUT2D eigenvalue weighted by atomic mass is 32.2. The van der Waals surface area contributed by atoms with E-state index in [0.717, 1.165) is 30.6 Å². The second kappa shape index (κ2) is 7.32. The van der Waals surface area contributed by atoms with Gasteiger partial charge in [0.1, 0.15) is 0 Å². The first-order chi connectivity index (χ1) is 9.98. The Morgan fingerprint density at radius 2 is 1.90 bits per heavy atom. The van der Waals surface area contributed by atoms with Crippen molar-refractivity contribution in [2.75, 3.05) is 6.54 Å². The van der Waals surface area contributed by atoms with Crippen LogP contribution in [0.25, 0.3) is 0 Å². The minimum Gasteiger partial charge on any atom is -0.388 e. The number of thioether (sulfide) groups is 1. The molecule has 1 fully saturated rings. The summed E-state index contributed by atoms with van der Waals surface area (Å²) in [5.74, 6) is -0.000395. The third-order valence-corrected chi connectivity index (χ3v) is 5.19. The molecule has 21 heavy (non-hydrogen) atoms. The first-order valence-corrected chi connectivity index (χ1v) is 8.60. The van der Waals surface area contributed by atoms with Crippen molar-refractivity contribution >= 4 is 17.7 Å². The molecule has 4 heteroatoms. The molecule has 1 saturated carbocycles. The van der Waals surface area contributed by atoms with E-state index in [-0.39, 0.29) is 11.2 Å². The third kappa shape index (κ3) is 5.04. The highest BCUT2D eigenvalue weighted by molar-refractivity contribution is 8.00. The molecule has 2 rings (SSSR count). The number of aryl methyl sites for hydroxylation is 1. The fourth-order valence-corrected chi connectivity index (χ4v) is 3.55. The zero-order chi connectivity index (χ0) is 15.3. The van der Waals surface area contributed by atoms with Crippen molar-refractivity contribution in [2.45, 2.75) is 61.7 Å². The molecule has 0 spiro atoms. The zero-order valence-electron chi connectivity index (χ0n) is 12.9. The summed E-state index contributed by atoms with van der Waals surface area (Å²) in [6.45, 7) is 4.34. The Bertz CT molecular complexity index is 466. The molecule has 1 aromatic carbocycles. The highest BCUT2D eigenvalue weighted by Gasteiger charge is 2.30. The maximum absolute atomic E-state index is 12.2. The molecule has 1 atom stereocenters. The number of amides is 1. The fourth-order valence-electron chi connectivity index (χ4n) is 2.66. The summed E-state index contributed by atoms with van der Waals surface area (Å²) >= 11 is 1.55. The predicted molar refractivity (Wildman–Crippen MR) is 87.5 cm³/mol. The zero-order valence-corrected chi connectivity index (χ0v) is 13.7. The molecule has 3 nitrogen and oxygen atoms in total. The molecule has 2 N–H and O–H groups in total. The molecule has 0 radical (unpaired) electrons. The number of hydrogen-bond acceptors (Lipinski definition) is 3. The third-order valence-electron chi connectivity index (χ3n) is 4.08. The van der Waals surface area contributed by atoms with Gasteiger partial charge in [0.25, 0.3) is 0 Å². The van der Waals surface area contributed by atoms with Gasteiger partial charge in [0.05, 0.1) is 10.9 Å². The summed E-state index contributed by atoms with van der Waals surface area (Å²) in [5, 5.41) is 13.2. The Hall–Kier alpha value is -1.00. The fraction of sp³-hybridized carbons (Fsp3) is 0.588. The average Bonchev–Trinajstić information content (AvgIpc) is 2.48. The number of hydrogen-bond donors (Lipinski definition) is 2. The molecule has 116 valence electrons. The molecule has 0 aliphatic heterocycles. The van der Waals surface area contributed by atoms with Gasteiger partial charge in [-0.3, -0.25) is 4.79 Å². The molecule has 0 aromatic heterocycles. The second-order valence-electron chi connectivity index (χ2n) is 6.08. The molecule has 1 unspecified atom stereocenters. The van der Waals surface area contributed by atoms with Crippen LogP contribution in [0.3, 0.4) is 0 Å². The maximum Gasteiger partial charge on any atom is 0.233 e. The van der Waals surface area contributed by atoms with Crippen molar-refractivity contribution in [1.82, 2.24) is 5.32 Å². The number of carbonyl (C=O) groups is 1. The van der Waals surface area contributed by atoms with E-state index >= 15 is 0 Å². The van der Waals surface area contributed by atoms with E-state index < -0.39 is 5.60 Å². The summed E-state index contributed by atoms with van der Waals surface area (Å²) in [4.78, 5) is 13.3. The largest absolute Gasteiger partial charge is 0.388 e. The van der Waals surface area contributed by atoms with Gasteiger partial charge in [0, 0.05) is 11.4 Å². The number of nitrogens with one attached hydrogen (secondary N) is 1. The van der Waals surface area contributed by atoms with Gasteiger partial charge in [-0.1, -0.05) is 37.0 Å². The van der Waals surface area contributed by atoms with Crippen molar-refractivity contribution in [2.24, 2.45) is 0 Å². The predicted octanol–water partition coefficient (Wildman–Crippen LogP) is 3.29. The quantitative estimate of drug-likeness (QED) is 0.821. The molecule has 1 aromatic rings. The molecular formula is C17H25NO2S. The van der Waals surface area contributed by atoms with Gasteiger partial charge in [0.2, 0.25) is 5.91 Å². The van der Waals surface area contributed by atoms with Gasteiger partial charge in [-0.05, 0) is 38.8 Å². The Kier molecular flexibility index (Phi) is 5.71. The van der Waals surface area contributed by atoms with Crippen LogP contribution in [0, 0.1) is 6.92 Å². The topological polar surface area (TPSA) is 49.3 Å². The summed E-state index contributed by atoms with van der Waals surface area (Å²) in [6.07, 6.45) is 4.90. The molecule has 1 amide bonds. The Morgan fingerprint density at radius 1 is 1.29 bits per heavy atom. The van der Waals surface area contributed by atoms with Gasteiger partial charge in [-0.2, -0.15) is 0 Å². The van der Waals surface area contributed by atoms with Gasteiger partial charge >= 0.3 is 0 Å². The summed E-state index contributed by atoms with van der Waals surface area (Å²) in [6, 6.07) is 8.19. The molecule has 0 bridgehead atoms. The lowest BCUT2D eigenvalue weighted by atomic mass is 9.85. The van der Waals surface area contributed by atoms with E-state index in [0.29, 0.717) is 6.54 Å². The van der Waals surface area contributed by atoms with Gasteiger partial charge in [0.15, 0.2) is 0 Å². The van der Waals surface area contributed by atoms with Crippen LogP contribution in [0.1, 0.15) is 44.6 Å². The summed E-state index contributed by atoms with van der Waals surface area (Å²) in [7, 11) is 0. The Balaban J connectivity index is 1.80. The number of carbonyl (C=O) groups excluding carboxylic acids is 1. The second-order valence-corrected chi connectivity index (χ2v) is 7.49. The van der Waals surface area contributed by atoms with Crippen molar-refractivity contribution in [3.63, 3.8) is 0 Å². The normalized spacial score (nSPS) is 19.0. The number of benzene rings is 1. The van der Waals surface area contributed by atoms with Crippen LogP contribution in [0.15, 0.2) is 29.2 Å². The maximum atomic E-state index is 12.2. The van der Waals surface area contributed by atoms with Crippen LogP contribution in [0.4, 0.5) is 0 Å². The lowest BCUT2D eigenvalue weighted by molar-refractivity contribution is -0.121. The minimum absolute atomic E-state index is 0.000395. The SMILES string of the molecule is Cc1ccc(SC(C)C(=O)NCC2(O)CCCCC2)cc1. The molecule has 1 aliphatic rings. The molecule has 0 heterocycles. The van der Waals surface area contributed by atoms with Crippen molar-refractivity contribution < 1.29 is 9.90 Å². The lowest BCUT2D eigenvalue weighted by Crippen LogP contribution is -2.46. The Labute approximate surface area is 131 Å². The highest BCUT2D eigenvalue weighted by Crippen LogP contribution is 2.28. The van der Waals surface area contributed by atoms with Gasteiger partial charge in [-0.15, -0.1) is 11.8 Å². The van der Waals surface area contributed by atoms with Crippen LogP contribution in [-0.2, 0) is 4.79 Å². The van der Waals surface area contributed by atoms with E-state index in [4.69, 9.17) is 0 Å². The van der Waals surface area contributed by atoms with Crippen molar-refractivity contribution in [3.05, 3.63) is 29.8 Å². The van der Waals surface area contributed by atoms with E-state index in [2.05, 4.69) is 24.4 Å². The Morgan fingerprint density at radius 3 is 2.52 bits per heavy atom. The standard InChI is InChI=1S/C17H25NO2S/c1-13-6-8-15(9-7-13)21-14(2)16(19)18-12-17(20)10-4-3-5-11-17/h6-9,14,20H,3-5,10-12H2,1-2H3,(H,18,19). The van der Waals surface area contributed by atoms with Crippen LogP contribution in [0.5, 0.6) is 0 Å². The number of rotatable bonds is 5. The van der Waals surface area contributed by atoms with E-state index in [1.807, 2.05) is 19.1 Å². The molecular weight excluding hydrogens is 282 g/mol. The van der Waals surface area contributed by atoms with Crippen molar-refractivity contribution in [3.8, 4) is 0 Å². The monoisotopic (exact) mass is 307 g/mol. The van der Waals surface area contributed by atoms with E-state index in [1.165, 1.54) is 12.0 Å². The summed E-state index contributed by atoms with van der Waals surface area (Å²) < 4.78 is 0. The first-order valence-electron chi connectivity index (χ1n) is 7.72. The minimum atomic E-state index is -0.692. The average molecular weight is 307 g/mol. The first kappa shape index (κ1) is 16.4. The van der Waals surface area contributed by atoms with Gasteiger partial charge < -0.3 is 10.4 Å². The van der Waals surface area contributed by atoms with Crippen molar-refractivity contribution in [1.29, 1.82) is 0 Å².